The van der Waals surface area contributed by atoms with Crippen LogP contribution in [0.25, 0.3) is 0 Å². The molecule has 0 amide bonds. The first-order chi connectivity index (χ1) is 13.7. The molecule has 0 aromatic heterocycles. The summed E-state index contributed by atoms with van der Waals surface area (Å²) >= 11 is 0. The number of rotatable bonds is 2. The molecule has 5 heteroatoms. The largest absolute Gasteiger partial charge is 0.331 e. The summed E-state index contributed by atoms with van der Waals surface area (Å²) in [6.07, 6.45) is 2.07. The topological polar surface area (TPSA) is 99.7 Å². The Labute approximate surface area is 173 Å². The van der Waals surface area contributed by atoms with Crippen LogP contribution in [-0.2, 0) is 5.41 Å². The van der Waals surface area contributed by atoms with Gasteiger partial charge in [-0.05, 0) is 35.1 Å². The van der Waals surface area contributed by atoms with E-state index >= 15 is 0 Å². The molecule has 1 aliphatic heterocycles. The predicted octanol–water partition coefficient (Wildman–Crippen LogP) is 2.74. The van der Waals surface area contributed by atoms with Gasteiger partial charge in [-0.2, -0.15) is 15.8 Å². The van der Waals surface area contributed by atoms with Gasteiger partial charge in [0.05, 0.1) is 43.6 Å². The molecule has 4 atom stereocenters. The molecular formula is C24H28N5+. The molecule has 1 saturated carbocycles. The highest BCUT2D eigenvalue weighted by Gasteiger charge is 2.58. The van der Waals surface area contributed by atoms with E-state index < -0.39 is 17.3 Å². The van der Waals surface area contributed by atoms with Crippen LogP contribution >= 0.6 is 0 Å². The quantitative estimate of drug-likeness (QED) is 0.764. The van der Waals surface area contributed by atoms with Gasteiger partial charge in [-0.25, -0.2) is 0 Å². The fraction of sp³-hybridized carbons (Fsp3) is 0.500. The minimum Gasteiger partial charge on any atom is -0.331 e. The minimum atomic E-state index is -1.62. The number of nitrogens with one attached hydrogen (secondary N) is 2. The Hall–Kier alpha value is -2.94. The van der Waals surface area contributed by atoms with Gasteiger partial charge in [-0.3, -0.25) is 0 Å². The number of benzene rings is 1. The first kappa shape index (κ1) is 20.8. The van der Waals surface area contributed by atoms with E-state index in [-0.39, 0.29) is 17.0 Å². The average molecular weight is 387 g/mol. The normalized spacial score (nSPS) is 28.3. The summed E-state index contributed by atoms with van der Waals surface area (Å²) in [7, 11) is 0. The Morgan fingerprint density at radius 2 is 1.76 bits per heavy atom. The molecule has 2 N–H and O–H groups in total. The summed E-state index contributed by atoms with van der Waals surface area (Å²) in [5.74, 6) is -1.34. The van der Waals surface area contributed by atoms with E-state index in [9.17, 15) is 15.8 Å². The van der Waals surface area contributed by atoms with Gasteiger partial charge in [-0.1, -0.05) is 45.0 Å². The van der Waals surface area contributed by atoms with Crippen LogP contribution in [0.2, 0.25) is 0 Å². The molecule has 0 saturated heterocycles. The van der Waals surface area contributed by atoms with Crippen molar-refractivity contribution in [3.63, 3.8) is 0 Å². The molecule has 0 bridgehead atoms. The molecule has 1 aliphatic carbocycles. The second-order valence-corrected chi connectivity index (χ2v) is 9.18. The molecule has 5 nitrogen and oxygen atoms in total. The van der Waals surface area contributed by atoms with Crippen molar-refractivity contribution in [1.29, 1.82) is 21.2 Å². The highest BCUT2D eigenvalue weighted by atomic mass is 15.1. The van der Waals surface area contributed by atoms with E-state index in [1.807, 2.05) is 12.1 Å². The van der Waals surface area contributed by atoms with E-state index in [0.717, 1.165) is 30.8 Å². The number of nitrogens with zero attached hydrogens (tertiary/aromatic N) is 3. The second-order valence-electron chi connectivity index (χ2n) is 9.18. The lowest BCUT2D eigenvalue weighted by molar-refractivity contribution is -0.897. The van der Waals surface area contributed by atoms with Gasteiger partial charge in [-0.15, -0.1) is 0 Å². The van der Waals surface area contributed by atoms with E-state index in [2.05, 4.69) is 64.1 Å². The Balaban J connectivity index is 2.20. The Morgan fingerprint density at radius 3 is 2.24 bits per heavy atom. The zero-order chi connectivity index (χ0) is 21.4. The number of quaternary nitrogens is 1. The van der Waals surface area contributed by atoms with Crippen LogP contribution in [0.1, 0.15) is 44.7 Å². The maximum absolute atomic E-state index is 10.1. The summed E-state index contributed by atoms with van der Waals surface area (Å²) in [6.45, 7) is 11.1. The van der Waals surface area contributed by atoms with Gasteiger partial charge in [0, 0.05) is 11.8 Å². The van der Waals surface area contributed by atoms with Crippen LogP contribution in [-0.4, -0.2) is 25.3 Å². The summed E-state index contributed by atoms with van der Waals surface area (Å²) < 4.78 is 0. The smallest absolute Gasteiger partial charge is 0.189 e. The maximum Gasteiger partial charge on any atom is 0.189 e. The number of hydrogen-bond acceptors (Lipinski definition) is 4. The number of likely N-dealkylation sites (N-methyl/N-ethyl adjacent to an activating group) is 1. The number of hydrogen-bond donors (Lipinski definition) is 2. The van der Waals surface area contributed by atoms with Gasteiger partial charge in [0.2, 0.25) is 0 Å². The molecule has 0 radical (unpaired) electrons. The first-order valence-corrected chi connectivity index (χ1v) is 10.2. The lowest BCUT2D eigenvalue weighted by Gasteiger charge is -2.46. The average Bonchev–Trinajstić information content (AvgIpc) is 2.72. The standard InChI is InChI=1S/C24H27N5/c1-5-29-11-10-18-19(12-25)22(28)24(14-26,15-27)21(20(18)13-29)16-6-8-17(9-7-16)23(2,3)4/h6-10,19-21,28H,5,11,13H2,1-4H3/p+1/t19?,20-,21+/m0/s1. The Kier molecular flexibility index (Phi) is 5.36. The fourth-order valence-corrected chi connectivity index (χ4v) is 4.82. The van der Waals surface area contributed by atoms with E-state index in [4.69, 9.17) is 5.41 Å². The summed E-state index contributed by atoms with van der Waals surface area (Å²) in [6, 6.07) is 14.7. The maximum atomic E-state index is 10.1. The molecular weight excluding hydrogens is 358 g/mol. The van der Waals surface area contributed by atoms with Gasteiger partial charge in [0.25, 0.3) is 0 Å². The van der Waals surface area contributed by atoms with Gasteiger partial charge < -0.3 is 10.3 Å². The van der Waals surface area contributed by atoms with Gasteiger partial charge >= 0.3 is 0 Å². The summed E-state index contributed by atoms with van der Waals surface area (Å²) in [4.78, 5) is 1.37. The molecule has 29 heavy (non-hydrogen) atoms. The van der Waals surface area contributed by atoms with Crippen LogP contribution in [0.3, 0.4) is 0 Å². The van der Waals surface area contributed by atoms with E-state index in [0.29, 0.717) is 0 Å². The van der Waals surface area contributed by atoms with Crippen LogP contribution in [0, 0.1) is 56.7 Å². The molecule has 1 heterocycles. The predicted molar refractivity (Wildman–Crippen MR) is 111 cm³/mol. The third-order valence-corrected chi connectivity index (χ3v) is 6.60. The third-order valence-electron chi connectivity index (χ3n) is 6.60. The molecule has 1 aromatic carbocycles. The third kappa shape index (κ3) is 3.25. The van der Waals surface area contributed by atoms with Gasteiger partial charge in [0.15, 0.2) is 5.41 Å². The van der Waals surface area contributed by atoms with E-state index in [1.54, 1.807) is 0 Å². The molecule has 1 aromatic rings. The van der Waals surface area contributed by atoms with Crippen LogP contribution in [0.15, 0.2) is 35.9 Å². The number of fused-ring (bicyclic) bond motifs is 1. The zero-order valence-electron chi connectivity index (χ0n) is 17.6. The molecule has 2 unspecified atom stereocenters. The Bertz CT molecular complexity index is 945. The van der Waals surface area contributed by atoms with Gasteiger partial charge in [0.1, 0.15) is 5.92 Å². The molecule has 2 aliphatic rings. The van der Waals surface area contributed by atoms with Crippen molar-refractivity contribution in [1.82, 2.24) is 0 Å². The van der Waals surface area contributed by atoms with Crippen molar-refractivity contribution < 1.29 is 4.90 Å². The molecule has 3 rings (SSSR count). The number of nitriles is 3. The molecule has 0 spiro atoms. The molecule has 1 fully saturated rings. The van der Waals surface area contributed by atoms with Crippen molar-refractivity contribution in [2.24, 2.45) is 17.3 Å². The van der Waals surface area contributed by atoms with Crippen molar-refractivity contribution in [2.75, 3.05) is 19.6 Å². The highest BCUT2D eigenvalue weighted by Crippen LogP contribution is 2.52. The second kappa shape index (κ2) is 7.47. The monoisotopic (exact) mass is 386 g/mol. The van der Waals surface area contributed by atoms with E-state index in [1.165, 1.54) is 10.5 Å². The lowest BCUT2D eigenvalue weighted by Crippen LogP contribution is -3.13. The van der Waals surface area contributed by atoms with Crippen molar-refractivity contribution in [3.8, 4) is 18.2 Å². The SMILES string of the molecule is CC[NH+]1CC=C2C(C#N)C(=N)C(C#N)(C#N)[C@H](c3ccc(C(C)(C)C)cc3)[C@H]2C1. The fourth-order valence-electron chi connectivity index (χ4n) is 4.82. The van der Waals surface area contributed by atoms with Crippen LogP contribution < -0.4 is 4.90 Å². The van der Waals surface area contributed by atoms with Crippen molar-refractivity contribution in [3.05, 3.63) is 47.0 Å². The Morgan fingerprint density at radius 1 is 1.14 bits per heavy atom. The van der Waals surface area contributed by atoms with Crippen LogP contribution in [0.4, 0.5) is 0 Å². The van der Waals surface area contributed by atoms with Crippen molar-refractivity contribution >= 4 is 5.71 Å². The van der Waals surface area contributed by atoms with Crippen LogP contribution in [0.5, 0.6) is 0 Å². The lowest BCUT2D eigenvalue weighted by atomic mass is 9.54. The summed E-state index contributed by atoms with van der Waals surface area (Å²) in [5, 5.41) is 38.7. The molecule has 148 valence electrons. The zero-order valence-corrected chi connectivity index (χ0v) is 17.6. The van der Waals surface area contributed by atoms with Crippen molar-refractivity contribution in [2.45, 2.75) is 39.0 Å². The first-order valence-electron chi connectivity index (χ1n) is 10.2. The highest BCUT2D eigenvalue weighted by molar-refractivity contribution is 6.00. The minimum absolute atomic E-state index is 0.00428. The summed E-state index contributed by atoms with van der Waals surface area (Å²) in [5.41, 5.74) is 1.31.